The van der Waals surface area contributed by atoms with Gasteiger partial charge in [0.05, 0.1) is 17.9 Å². The van der Waals surface area contributed by atoms with E-state index in [1.165, 1.54) is 17.7 Å². The molecule has 0 fully saturated rings. The van der Waals surface area contributed by atoms with Gasteiger partial charge in [0.1, 0.15) is 5.82 Å². The topological polar surface area (TPSA) is 75.3 Å². The van der Waals surface area contributed by atoms with Gasteiger partial charge in [-0.3, -0.25) is 9.52 Å². The Balaban J connectivity index is 1.93. The maximum atomic E-state index is 14.1. The summed E-state index contributed by atoms with van der Waals surface area (Å²) in [5, 5.41) is 2.87. The lowest BCUT2D eigenvalue weighted by molar-refractivity contribution is -0.122. The van der Waals surface area contributed by atoms with Gasteiger partial charge in [-0.15, -0.1) is 0 Å². The molecular weight excluding hydrogens is 391 g/mol. The molecule has 0 radical (unpaired) electrons. The Bertz CT molecular complexity index is 965. The molecule has 1 atom stereocenters. The fraction of sp³-hybridized carbons (Fsp3) is 0.409. The van der Waals surface area contributed by atoms with E-state index in [0.29, 0.717) is 18.5 Å². The highest BCUT2D eigenvalue weighted by atomic mass is 32.2. The molecule has 2 rings (SSSR count). The molecule has 5 nitrogen and oxygen atoms in total. The summed E-state index contributed by atoms with van der Waals surface area (Å²) in [7, 11) is -3.57. The van der Waals surface area contributed by atoms with Crippen molar-refractivity contribution >= 4 is 21.6 Å². The first kappa shape index (κ1) is 22.9. The van der Waals surface area contributed by atoms with Gasteiger partial charge in [0.15, 0.2) is 0 Å². The van der Waals surface area contributed by atoms with Gasteiger partial charge >= 0.3 is 0 Å². The molecule has 2 N–H and O–H groups in total. The van der Waals surface area contributed by atoms with Crippen LogP contribution < -0.4 is 10.0 Å². The molecule has 0 aliphatic heterocycles. The Labute approximate surface area is 172 Å². The van der Waals surface area contributed by atoms with Crippen LogP contribution in [0.4, 0.5) is 10.1 Å². The van der Waals surface area contributed by atoms with Crippen molar-refractivity contribution < 1.29 is 17.6 Å². The summed E-state index contributed by atoms with van der Waals surface area (Å²) in [5.74, 6) is -1.48. The molecule has 2 aromatic rings. The van der Waals surface area contributed by atoms with Crippen LogP contribution >= 0.6 is 0 Å². The number of carbonyl (C=O) groups excluding carboxylic acids is 1. The summed E-state index contributed by atoms with van der Waals surface area (Å²) in [5.41, 5.74) is 2.84. The van der Waals surface area contributed by atoms with E-state index in [1.807, 2.05) is 0 Å². The van der Waals surface area contributed by atoms with Gasteiger partial charge in [-0.1, -0.05) is 51.1 Å². The predicted molar refractivity (Wildman–Crippen MR) is 115 cm³/mol. The highest BCUT2D eigenvalue weighted by Gasteiger charge is 2.18. The van der Waals surface area contributed by atoms with Crippen molar-refractivity contribution in [1.29, 1.82) is 0 Å². The van der Waals surface area contributed by atoms with Crippen LogP contribution in [0.3, 0.4) is 0 Å². The summed E-state index contributed by atoms with van der Waals surface area (Å²) in [4.78, 5) is 12.4. The summed E-state index contributed by atoms with van der Waals surface area (Å²) in [6, 6.07) is 12.4. The van der Waals surface area contributed by atoms with Crippen molar-refractivity contribution in [1.82, 2.24) is 5.32 Å². The number of carbonyl (C=O) groups is 1. The molecule has 0 aromatic heterocycles. The largest absolute Gasteiger partial charge is 0.355 e. The third-order valence-electron chi connectivity index (χ3n) is 4.71. The van der Waals surface area contributed by atoms with Crippen LogP contribution in [0.5, 0.6) is 0 Å². The van der Waals surface area contributed by atoms with E-state index in [9.17, 15) is 17.6 Å². The lowest BCUT2D eigenvalue weighted by Gasteiger charge is -2.19. The second kappa shape index (κ2) is 8.95. The molecule has 0 aliphatic rings. The van der Waals surface area contributed by atoms with Gasteiger partial charge in [0.25, 0.3) is 0 Å². The van der Waals surface area contributed by atoms with Gasteiger partial charge in [0, 0.05) is 6.54 Å². The normalized spacial score (nSPS) is 13.0. The lowest BCUT2D eigenvalue weighted by atomic mass is 9.86. The zero-order chi connectivity index (χ0) is 21.8. The number of rotatable bonds is 7. The number of nitrogens with one attached hydrogen (secondary N) is 2. The molecule has 29 heavy (non-hydrogen) atoms. The van der Waals surface area contributed by atoms with E-state index < -0.39 is 21.8 Å². The highest BCUT2D eigenvalue weighted by molar-refractivity contribution is 7.92. The second-order valence-electron chi connectivity index (χ2n) is 8.32. The van der Waals surface area contributed by atoms with Crippen LogP contribution in [0.1, 0.15) is 50.3 Å². The lowest BCUT2D eigenvalue weighted by Crippen LogP contribution is -2.30. The van der Waals surface area contributed by atoms with Gasteiger partial charge in [0.2, 0.25) is 15.9 Å². The van der Waals surface area contributed by atoms with E-state index >= 15 is 0 Å². The zero-order valence-electron chi connectivity index (χ0n) is 17.5. The Morgan fingerprint density at radius 2 is 1.72 bits per heavy atom. The minimum Gasteiger partial charge on any atom is -0.355 e. The van der Waals surface area contributed by atoms with Crippen LogP contribution in [0.25, 0.3) is 0 Å². The zero-order valence-corrected chi connectivity index (χ0v) is 18.4. The fourth-order valence-corrected chi connectivity index (χ4v) is 3.45. The maximum absolute atomic E-state index is 14.1. The number of hydrogen-bond donors (Lipinski definition) is 2. The minimum absolute atomic E-state index is 0.101. The van der Waals surface area contributed by atoms with Gasteiger partial charge < -0.3 is 5.32 Å². The molecule has 0 saturated heterocycles. The number of amides is 1. The van der Waals surface area contributed by atoms with Crippen LogP contribution in [0.15, 0.2) is 42.5 Å². The van der Waals surface area contributed by atoms with Gasteiger partial charge in [-0.2, -0.15) is 0 Å². The summed E-state index contributed by atoms with van der Waals surface area (Å²) in [6.45, 7) is 8.66. The molecule has 1 unspecified atom stereocenters. The number of hydrogen-bond acceptors (Lipinski definition) is 3. The van der Waals surface area contributed by atoms with Crippen molar-refractivity contribution in [3.05, 3.63) is 65.0 Å². The fourth-order valence-electron chi connectivity index (χ4n) is 2.89. The predicted octanol–water partition coefficient (Wildman–Crippen LogP) is 3.96. The Morgan fingerprint density at radius 1 is 1.10 bits per heavy atom. The van der Waals surface area contributed by atoms with Crippen LogP contribution in [0, 0.1) is 5.82 Å². The van der Waals surface area contributed by atoms with Crippen LogP contribution in [0.2, 0.25) is 0 Å². The molecule has 1 amide bonds. The maximum Gasteiger partial charge on any atom is 0.229 e. The molecule has 0 saturated carbocycles. The van der Waals surface area contributed by atoms with Crippen molar-refractivity contribution in [2.24, 2.45) is 0 Å². The smallest absolute Gasteiger partial charge is 0.229 e. The second-order valence-corrected chi connectivity index (χ2v) is 10.1. The molecule has 158 valence electrons. The summed E-state index contributed by atoms with van der Waals surface area (Å²) in [6.07, 6.45) is 1.65. The number of anilines is 1. The first-order chi connectivity index (χ1) is 13.4. The quantitative estimate of drug-likeness (QED) is 0.712. The Morgan fingerprint density at radius 3 is 2.24 bits per heavy atom. The standard InChI is InChI=1S/C22H29FN2O3S/c1-15(17-8-11-20(19(23)14-17)25-29(5,27)28)21(26)24-13-12-16-6-9-18(10-7-16)22(2,3)4/h6-11,14-15,25H,12-13H2,1-5H3,(H,24,26). The van der Waals surface area contributed by atoms with E-state index in [1.54, 1.807) is 13.0 Å². The summed E-state index contributed by atoms with van der Waals surface area (Å²) < 4.78 is 38.7. The third kappa shape index (κ3) is 6.85. The summed E-state index contributed by atoms with van der Waals surface area (Å²) >= 11 is 0. The van der Waals surface area contributed by atoms with Gasteiger partial charge in [-0.05, 0) is 47.6 Å². The van der Waals surface area contributed by atoms with Crippen molar-refractivity contribution in [2.75, 3.05) is 17.5 Å². The number of halogens is 1. The number of benzene rings is 2. The first-order valence-electron chi connectivity index (χ1n) is 9.51. The SMILES string of the molecule is CC(C(=O)NCCc1ccc(C(C)(C)C)cc1)c1ccc(NS(C)(=O)=O)c(F)c1. The van der Waals surface area contributed by atoms with E-state index in [2.05, 4.69) is 55.1 Å². The third-order valence-corrected chi connectivity index (χ3v) is 5.31. The van der Waals surface area contributed by atoms with E-state index in [4.69, 9.17) is 0 Å². The average molecular weight is 421 g/mol. The highest BCUT2D eigenvalue weighted by Crippen LogP contribution is 2.23. The Hall–Kier alpha value is -2.41. The molecule has 2 aromatic carbocycles. The Kier molecular flexibility index (Phi) is 7.06. The molecule has 0 aliphatic carbocycles. The number of sulfonamides is 1. The monoisotopic (exact) mass is 420 g/mol. The molecule has 0 bridgehead atoms. The van der Waals surface area contributed by atoms with E-state index in [0.717, 1.165) is 11.8 Å². The average Bonchev–Trinajstić information content (AvgIpc) is 2.61. The van der Waals surface area contributed by atoms with Crippen molar-refractivity contribution in [3.63, 3.8) is 0 Å². The molecule has 7 heteroatoms. The molecular formula is C22H29FN2O3S. The van der Waals surface area contributed by atoms with Crippen molar-refractivity contribution in [3.8, 4) is 0 Å². The van der Waals surface area contributed by atoms with Gasteiger partial charge in [-0.25, -0.2) is 12.8 Å². The molecule has 0 heterocycles. The van der Waals surface area contributed by atoms with Crippen molar-refractivity contribution in [2.45, 2.75) is 45.4 Å². The van der Waals surface area contributed by atoms with Crippen LogP contribution in [-0.2, 0) is 26.7 Å². The minimum atomic E-state index is -3.57. The van der Waals surface area contributed by atoms with Crippen LogP contribution in [-0.4, -0.2) is 27.1 Å². The first-order valence-corrected chi connectivity index (χ1v) is 11.4. The molecule has 0 spiro atoms. The van der Waals surface area contributed by atoms with E-state index in [-0.39, 0.29) is 17.0 Å².